The number of ether oxygens (including phenoxy) is 10. The Balaban J connectivity index is 1.07. The van der Waals surface area contributed by atoms with Gasteiger partial charge in [-0.15, -0.1) is 11.3 Å². The fraction of sp³-hybridized carbons (Fsp3) is 0.698. The van der Waals surface area contributed by atoms with Gasteiger partial charge in [0, 0.05) is 49.0 Å². The van der Waals surface area contributed by atoms with Crippen molar-refractivity contribution >= 4 is 46.7 Å². The van der Waals surface area contributed by atoms with Gasteiger partial charge in [0.1, 0.15) is 5.84 Å². The summed E-state index contributed by atoms with van der Waals surface area (Å²) in [5, 5.41) is 13.6. The van der Waals surface area contributed by atoms with E-state index in [1.807, 2.05) is 33.8 Å². The van der Waals surface area contributed by atoms with Crippen molar-refractivity contribution in [2.45, 2.75) is 85.4 Å². The molecule has 0 bridgehead atoms. The quantitative estimate of drug-likeness (QED) is 0.0133. The number of nitrogens with zero attached hydrogens (tertiary/aromatic N) is 3. The number of aliphatic imine (C=N–C) groups is 1. The van der Waals surface area contributed by atoms with E-state index in [0.29, 0.717) is 117 Å². The van der Waals surface area contributed by atoms with Crippen LogP contribution in [0.3, 0.4) is 0 Å². The minimum absolute atomic E-state index is 0.0105. The molecular formula is C53H83F4N5O15S. The van der Waals surface area contributed by atoms with Crippen molar-refractivity contribution in [1.82, 2.24) is 15.3 Å². The SMILES string of the molecule is CCCN(OCCNC(=O)CC(C)(C)C)C(=O)C1=Cc2sc(CCCCCN(C)CCOCCOCCOCCOCCOCCOCCOCCOC(CO)OCCC(=O)Oc3c(F)c(F)cc(F)c3F)cc2N=C(N)C1. The number of fused-ring (bicyclic) bond motifs is 1. The number of carbonyl (C=O) groups is 3. The molecule has 0 spiro atoms. The third kappa shape index (κ3) is 29.8. The fourth-order valence-corrected chi connectivity index (χ4v) is 8.17. The molecule has 1 aliphatic heterocycles. The lowest BCUT2D eigenvalue weighted by Crippen LogP contribution is -2.37. The number of halogens is 4. The first kappa shape index (κ1) is 68.1. The smallest absolute Gasteiger partial charge is 0.313 e. The number of likely N-dealkylation sites (N-methyl/N-ethyl adjacent to an activating group) is 1. The second-order valence-electron chi connectivity index (χ2n) is 19.0. The molecule has 1 aliphatic rings. The highest BCUT2D eigenvalue weighted by molar-refractivity contribution is 7.13. The van der Waals surface area contributed by atoms with Gasteiger partial charge in [0.25, 0.3) is 5.91 Å². The van der Waals surface area contributed by atoms with Gasteiger partial charge in [-0.2, -0.15) is 8.78 Å². The van der Waals surface area contributed by atoms with Crippen molar-refractivity contribution in [2.24, 2.45) is 16.1 Å². The van der Waals surface area contributed by atoms with Gasteiger partial charge in [-0.25, -0.2) is 18.8 Å². The second-order valence-corrected chi connectivity index (χ2v) is 20.2. The highest BCUT2D eigenvalue weighted by atomic mass is 32.1. The maximum atomic E-state index is 13.7. The standard InChI is InChI=1S/C53H83F4N5O15S/c1-6-13-62(76-17-12-59-46(64)37-53(2,3)4)52(66)39-33-44-43(60-45(58)34-39)35-40(78-44)10-8-7-9-14-61(5)15-18-67-19-20-68-21-22-69-23-24-70-25-26-71-27-28-72-29-30-73-31-32-75-48(38-63)74-16-11-47(65)77-51-49(56)41(54)36-42(55)50(51)57/h33,35-36,48,63H,6-32,34,37-38H2,1-5H3,(H2,58,60)(H,59,64). The van der Waals surface area contributed by atoms with Crippen LogP contribution in [0.1, 0.15) is 82.4 Å². The van der Waals surface area contributed by atoms with Gasteiger partial charge in [-0.1, -0.05) is 34.1 Å². The summed E-state index contributed by atoms with van der Waals surface area (Å²) in [6, 6.07) is 2.06. The van der Waals surface area contributed by atoms with Gasteiger partial charge in [0.05, 0.1) is 136 Å². The molecule has 4 N–H and O–H groups in total. The van der Waals surface area contributed by atoms with E-state index < -0.39 is 54.3 Å². The largest absolute Gasteiger partial charge is 0.420 e. The minimum Gasteiger partial charge on any atom is -0.420 e. The molecule has 0 radical (unpaired) electrons. The van der Waals surface area contributed by atoms with Gasteiger partial charge in [-0.3, -0.25) is 19.2 Å². The van der Waals surface area contributed by atoms with Crippen LogP contribution in [-0.4, -0.2) is 197 Å². The fourth-order valence-electron chi connectivity index (χ4n) is 7.06. The number of rotatable bonds is 45. The van der Waals surface area contributed by atoms with E-state index in [2.05, 4.69) is 33.1 Å². The first-order chi connectivity index (χ1) is 37.5. The average molecular weight is 1140 g/mol. The van der Waals surface area contributed by atoms with E-state index in [9.17, 15) is 37.1 Å². The Bertz CT molecular complexity index is 2070. The summed E-state index contributed by atoms with van der Waals surface area (Å²) < 4.78 is 107. The van der Waals surface area contributed by atoms with Crippen LogP contribution in [0.2, 0.25) is 0 Å². The van der Waals surface area contributed by atoms with Crippen LogP contribution in [0.25, 0.3) is 6.08 Å². The molecule has 0 fully saturated rings. The summed E-state index contributed by atoms with van der Waals surface area (Å²) in [7, 11) is 2.09. The zero-order valence-electron chi connectivity index (χ0n) is 46.0. The van der Waals surface area contributed by atoms with Crippen molar-refractivity contribution in [2.75, 3.05) is 152 Å². The van der Waals surface area contributed by atoms with Crippen LogP contribution < -0.4 is 15.8 Å². The predicted molar refractivity (Wildman–Crippen MR) is 283 cm³/mol. The lowest BCUT2D eigenvalue weighted by Gasteiger charge is -2.23. The van der Waals surface area contributed by atoms with Gasteiger partial charge in [0.15, 0.2) is 17.9 Å². The summed E-state index contributed by atoms with van der Waals surface area (Å²) in [6.07, 6.45) is 5.65. The number of esters is 1. The summed E-state index contributed by atoms with van der Waals surface area (Å²) in [5.41, 5.74) is 7.48. The number of carbonyl (C=O) groups excluding carboxylic acids is 3. The van der Waals surface area contributed by atoms with Crippen LogP contribution in [0.15, 0.2) is 22.7 Å². The summed E-state index contributed by atoms with van der Waals surface area (Å²) in [4.78, 5) is 52.5. The molecule has 1 unspecified atom stereocenters. The molecule has 0 saturated carbocycles. The monoisotopic (exact) mass is 1140 g/mol. The molecule has 2 aromatic rings. The molecule has 2 heterocycles. The first-order valence-corrected chi connectivity index (χ1v) is 27.3. The van der Waals surface area contributed by atoms with Crippen molar-refractivity contribution in [3.05, 3.63) is 50.7 Å². The number of nitrogens with two attached hydrogens (primary N) is 1. The summed E-state index contributed by atoms with van der Waals surface area (Å²) in [5.74, 6) is -9.76. The molecule has 1 aromatic carbocycles. The van der Waals surface area contributed by atoms with Gasteiger partial charge in [-0.05, 0) is 56.8 Å². The Hall–Kier alpha value is -4.22. The zero-order valence-corrected chi connectivity index (χ0v) is 46.8. The molecule has 1 aromatic heterocycles. The topological polar surface area (TPSA) is 230 Å². The lowest BCUT2D eigenvalue weighted by molar-refractivity contribution is -0.181. The molecule has 25 heteroatoms. The minimum atomic E-state index is -1.85. The number of benzene rings is 1. The normalized spacial score (nSPS) is 13.1. The second kappa shape index (κ2) is 40.0. The zero-order chi connectivity index (χ0) is 57.0. The molecule has 0 saturated heterocycles. The molecule has 20 nitrogen and oxygen atoms in total. The highest BCUT2D eigenvalue weighted by Gasteiger charge is 2.25. The van der Waals surface area contributed by atoms with Crippen LogP contribution in [0.4, 0.5) is 23.2 Å². The van der Waals surface area contributed by atoms with Crippen LogP contribution in [0.5, 0.6) is 5.75 Å². The maximum Gasteiger partial charge on any atom is 0.313 e. The highest BCUT2D eigenvalue weighted by Crippen LogP contribution is 2.36. The lowest BCUT2D eigenvalue weighted by atomic mass is 9.92. The van der Waals surface area contributed by atoms with Crippen molar-refractivity contribution in [3.63, 3.8) is 0 Å². The van der Waals surface area contributed by atoms with Gasteiger partial charge < -0.3 is 68.4 Å². The van der Waals surface area contributed by atoms with Crippen LogP contribution in [0, 0.1) is 28.7 Å². The number of aryl methyl sites for hydroxylation is 1. The van der Waals surface area contributed by atoms with E-state index in [4.69, 9.17) is 53.2 Å². The molecule has 3 rings (SSSR count). The number of unbranched alkanes of at least 4 members (excludes halogenated alkanes) is 2. The third-order valence-corrected chi connectivity index (χ3v) is 12.0. The Morgan fingerprint density at radius 2 is 1.29 bits per heavy atom. The average Bonchev–Trinajstić information content (AvgIpc) is 3.69. The Morgan fingerprint density at radius 1 is 0.744 bits per heavy atom. The van der Waals surface area contributed by atoms with Crippen LogP contribution in [-0.2, 0) is 68.3 Å². The number of amidine groups is 1. The summed E-state index contributed by atoms with van der Waals surface area (Å²) >= 11 is 1.64. The molecule has 78 heavy (non-hydrogen) atoms. The van der Waals surface area contributed by atoms with Gasteiger partial charge >= 0.3 is 5.97 Å². The predicted octanol–water partition coefficient (Wildman–Crippen LogP) is 5.91. The van der Waals surface area contributed by atoms with Crippen molar-refractivity contribution < 1.29 is 89.3 Å². The van der Waals surface area contributed by atoms with Crippen molar-refractivity contribution in [1.29, 1.82) is 0 Å². The van der Waals surface area contributed by atoms with E-state index in [1.54, 1.807) is 11.3 Å². The number of nitrogens with one attached hydrogen (secondary N) is 1. The number of amides is 2. The Labute approximate surface area is 460 Å². The number of thiophene rings is 1. The number of hydrogen-bond donors (Lipinski definition) is 3. The molecule has 2 amide bonds. The van der Waals surface area contributed by atoms with E-state index in [1.165, 1.54) is 9.94 Å². The first-order valence-electron chi connectivity index (χ1n) is 26.5. The number of hydroxylamine groups is 2. The van der Waals surface area contributed by atoms with Gasteiger partial charge in [0.2, 0.25) is 23.3 Å². The Kier molecular flexibility index (Phi) is 34.9. The molecule has 1 atom stereocenters. The third-order valence-electron chi connectivity index (χ3n) is 10.9. The number of aliphatic hydroxyl groups excluding tert-OH is 1. The Morgan fingerprint density at radius 3 is 1.85 bits per heavy atom. The molecule has 444 valence electrons. The number of hydrogen-bond acceptors (Lipinski definition) is 19. The van der Waals surface area contributed by atoms with Crippen LogP contribution >= 0.6 is 11.3 Å². The summed E-state index contributed by atoms with van der Waals surface area (Å²) in [6.45, 7) is 15.4. The van der Waals surface area contributed by atoms with E-state index >= 15 is 0 Å². The maximum absolute atomic E-state index is 13.7. The number of aliphatic hydroxyl groups is 1. The van der Waals surface area contributed by atoms with E-state index in [-0.39, 0.29) is 62.8 Å². The molecule has 0 aliphatic carbocycles. The van der Waals surface area contributed by atoms with Crippen molar-refractivity contribution in [3.8, 4) is 5.75 Å². The molecular weight excluding hydrogens is 1050 g/mol. The van der Waals surface area contributed by atoms with E-state index in [0.717, 1.165) is 49.3 Å².